The largest absolute Gasteiger partial charge is 0.417 e. The molecule has 1 fully saturated rings. The Balaban J connectivity index is 1.61. The number of urea groups is 1. The highest BCUT2D eigenvalue weighted by Gasteiger charge is 2.44. The minimum absolute atomic E-state index is 0.193. The standard InChI is InChI=1S/C17H13BrF4N4O2/c18-10-6-12(11(19)5-9(10)17(20,21)22)23-16(28)26-8-1-2-13(26)15-7(3-8)4-14(27)24-25-15/h4-6,8,13H,1-3H2,(H,23,28)(H,24,27). The van der Waals surface area contributed by atoms with Crippen molar-refractivity contribution in [1.82, 2.24) is 15.1 Å². The van der Waals surface area contributed by atoms with Crippen LogP contribution in [-0.2, 0) is 12.6 Å². The minimum atomic E-state index is -4.72. The number of halogens is 5. The van der Waals surface area contributed by atoms with Gasteiger partial charge >= 0.3 is 12.2 Å². The number of carbonyl (C=O) groups excluding carboxylic acids is 1. The summed E-state index contributed by atoms with van der Waals surface area (Å²) in [6.45, 7) is 0. The number of benzene rings is 1. The first-order chi connectivity index (χ1) is 13.1. The van der Waals surface area contributed by atoms with Gasteiger partial charge in [0.1, 0.15) is 5.82 Å². The molecule has 11 heteroatoms. The van der Waals surface area contributed by atoms with E-state index in [9.17, 15) is 27.2 Å². The molecule has 2 atom stereocenters. The van der Waals surface area contributed by atoms with E-state index in [1.807, 2.05) is 0 Å². The van der Waals surface area contributed by atoms with E-state index < -0.39 is 23.6 Å². The van der Waals surface area contributed by atoms with Crippen LogP contribution in [0, 0.1) is 5.82 Å². The molecule has 0 radical (unpaired) electrons. The summed E-state index contributed by atoms with van der Waals surface area (Å²) in [7, 11) is 0. The first-order valence-electron chi connectivity index (χ1n) is 8.39. The Morgan fingerprint density at radius 2 is 2.04 bits per heavy atom. The molecular formula is C17H13BrF4N4O2. The SMILES string of the molecule is O=C(Nc1cc(Br)c(C(F)(F)F)cc1F)N1C2CCC1c1n[nH]c(=O)cc1C2. The molecule has 2 N–H and O–H groups in total. The maximum Gasteiger partial charge on any atom is 0.417 e. The molecule has 1 aromatic heterocycles. The summed E-state index contributed by atoms with van der Waals surface area (Å²) < 4.78 is 52.4. The molecule has 1 aromatic carbocycles. The first kappa shape index (κ1) is 18.9. The van der Waals surface area contributed by atoms with Crippen LogP contribution in [0.3, 0.4) is 0 Å². The zero-order valence-electron chi connectivity index (χ0n) is 14.1. The number of hydrogen-bond donors (Lipinski definition) is 2. The molecule has 3 heterocycles. The van der Waals surface area contributed by atoms with E-state index >= 15 is 0 Å². The maximum atomic E-state index is 14.2. The number of nitrogens with one attached hydrogen (secondary N) is 2. The van der Waals surface area contributed by atoms with Gasteiger partial charge in [-0.1, -0.05) is 15.9 Å². The van der Waals surface area contributed by atoms with E-state index in [1.54, 1.807) is 0 Å². The van der Waals surface area contributed by atoms with Crippen LogP contribution in [0.15, 0.2) is 27.5 Å². The Kier molecular flexibility index (Phi) is 4.44. The fourth-order valence-electron chi connectivity index (χ4n) is 3.86. The molecule has 1 saturated heterocycles. The topological polar surface area (TPSA) is 78.1 Å². The molecule has 2 aromatic rings. The second-order valence-corrected chi connectivity index (χ2v) is 7.60. The summed E-state index contributed by atoms with van der Waals surface area (Å²) in [6, 6.07) is 1.48. The lowest BCUT2D eigenvalue weighted by Crippen LogP contribution is -2.45. The highest BCUT2D eigenvalue weighted by atomic mass is 79.9. The van der Waals surface area contributed by atoms with E-state index in [2.05, 4.69) is 31.4 Å². The summed E-state index contributed by atoms with van der Waals surface area (Å²) in [5, 5.41) is 8.75. The van der Waals surface area contributed by atoms with Crippen molar-refractivity contribution in [2.75, 3.05) is 5.32 Å². The van der Waals surface area contributed by atoms with Crippen LogP contribution in [-0.4, -0.2) is 27.2 Å². The van der Waals surface area contributed by atoms with Crippen molar-refractivity contribution in [3.05, 3.63) is 55.7 Å². The Morgan fingerprint density at radius 1 is 1.29 bits per heavy atom. The van der Waals surface area contributed by atoms with Gasteiger partial charge in [0.15, 0.2) is 0 Å². The van der Waals surface area contributed by atoms with E-state index in [0.29, 0.717) is 31.0 Å². The molecule has 0 saturated carbocycles. The Bertz CT molecular complexity index is 1020. The molecular weight excluding hydrogens is 448 g/mol. The number of H-pyrrole nitrogens is 1. The van der Waals surface area contributed by atoms with Crippen LogP contribution in [0.5, 0.6) is 0 Å². The second-order valence-electron chi connectivity index (χ2n) is 6.74. The van der Waals surface area contributed by atoms with Gasteiger partial charge in [0.25, 0.3) is 5.56 Å². The fourth-order valence-corrected chi connectivity index (χ4v) is 4.42. The Morgan fingerprint density at radius 3 is 2.75 bits per heavy atom. The smallest absolute Gasteiger partial charge is 0.313 e. The highest BCUT2D eigenvalue weighted by Crippen LogP contribution is 2.43. The molecule has 2 aliphatic heterocycles. The van der Waals surface area contributed by atoms with Crippen LogP contribution in [0.2, 0.25) is 0 Å². The maximum absolute atomic E-state index is 14.2. The minimum Gasteiger partial charge on any atom is -0.313 e. The molecule has 6 nitrogen and oxygen atoms in total. The fraction of sp³-hybridized carbons (Fsp3) is 0.353. The average Bonchev–Trinajstić information content (AvgIpc) is 2.92. The van der Waals surface area contributed by atoms with Crippen molar-refractivity contribution < 1.29 is 22.4 Å². The van der Waals surface area contributed by atoms with Gasteiger partial charge in [-0.05, 0) is 37.0 Å². The molecule has 4 rings (SSSR count). The number of nitrogens with zero attached hydrogens (tertiary/aromatic N) is 2. The Labute approximate surface area is 164 Å². The monoisotopic (exact) mass is 460 g/mol. The van der Waals surface area contributed by atoms with Crippen molar-refractivity contribution in [3.63, 3.8) is 0 Å². The summed E-state index contributed by atoms with van der Waals surface area (Å²) in [6.07, 6.45) is -2.97. The van der Waals surface area contributed by atoms with E-state index in [0.717, 1.165) is 11.6 Å². The number of anilines is 1. The average molecular weight is 461 g/mol. The zero-order chi connectivity index (χ0) is 20.2. The van der Waals surface area contributed by atoms with Crippen molar-refractivity contribution in [2.24, 2.45) is 0 Å². The molecule has 148 valence electrons. The van der Waals surface area contributed by atoms with Crippen LogP contribution >= 0.6 is 15.9 Å². The van der Waals surface area contributed by atoms with Gasteiger partial charge in [-0.3, -0.25) is 4.79 Å². The van der Waals surface area contributed by atoms with E-state index in [-0.39, 0.29) is 27.8 Å². The molecule has 2 unspecified atom stereocenters. The quantitative estimate of drug-likeness (QED) is 0.631. The van der Waals surface area contributed by atoms with E-state index in [4.69, 9.17) is 0 Å². The first-order valence-corrected chi connectivity index (χ1v) is 9.18. The predicted octanol–water partition coefficient (Wildman–Crippen LogP) is 3.98. The molecule has 2 aliphatic rings. The molecule has 0 spiro atoms. The van der Waals surface area contributed by atoms with Gasteiger partial charge in [-0.15, -0.1) is 0 Å². The van der Waals surface area contributed by atoms with E-state index in [1.165, 1.54) is 11.0 Å². The Hall–Kier alpha value is -2.43. The van der Waals surface area contributed by atoms with Crippen LogP contribution in [0.1, 0.15) is 35.7 Å². The summed E-state index contributed by atoms with van der Waals surface area (Å²) in [5.41, 5.74) is -0.498. The van der Waals surface area contributed by atoms with Gasteiger partial charge in [-0.25, -0.2) is 14.3 Å². The lowest BCUT2D eigenvalue weighted by Gasteiger charge is -2.35. The molecule has 28 heavy (non-hydrogen) atoms. The van der Waals surface area contributed by atoms with Gasteiger partial charge in [0.05, 0.1) is 23.0 Å². The van der Waals surface area contributed by atoms with Gasteiger partial charge in [0, 0.05) is 16.6 Å². The molecule has 0 aliphatic carbocycles. The third-order valence-electron chi connectivity index (χ3n) is 5.03. The zero-order valence-corrected chi connectivity index (χ0v) is 15.7. The number of aromatic nitrogens is 2. The van der Waals surface area contributed by atoms with Crippen molar-refractivity contribution >= 4 is 27.6 Å². The van der Waals surface area contributed by atoms with Crippen molar-refractivity contribution in [1.29, 1.82) is 0 Å². The lowest BCUT2D eigenvalue weighted by molar-refractivity contribution is -0.138. The molecule has 2 bridgehead atoms. The van der Waals surface area contributed by atoms with Gasteiger partial charge < -0.3 is 10.2 Å². The highest BCUT2D eigenvalue weighted by molar-refractivity contribution is 9.10. The van der Waals surface area contributed by atoms with Gasteiger partial charge in [-0.2, -0.15) is 18.3 Å². The number of amides is 2. The van der Waals surface area contributed by atoms with Crippen LogP contribution in [0.25, 0.3) is 0 Å². The summed E-state index contributed by atoms with van der Waals surface area (Å²) >= 11 is 2.77. The third-order valence-corrected chi connectivity index (χ3v) is 5.69. The van der Waals surface area contributed by atoms with Gasteiger partial charge in [0.2, 0.25) is 0 Å². The number of alkyl halides is 3. The number of hydrogen-bond acceptors (Lipinski definition) is 3. The van der Waals surface area contributed by atoms with Crippen LogP contribution < -0.4 is 10.9 Å². The third kappa shape index (κ3) is 3.17. The number of aromatic amines is 1. The lowest BCUT2D eigenvalue weighted by atomic mass is 9.99. The number of fused-ring (bicyclic) bond motifs is 4. The normalized spacial score (nSPS) is 20.8. The number of carbonyl (C=O) groups is 1. The van der Waals surface area contributed by atoms with Crippen molar-refractivity contribution in [2.45, 2.75) is 37.5 Å². The van der Waals surface area contributed by atoms with Crippen LogP contribution in [0.4, 0.5) is 28.0 Å². The summed E-state index contributed by atoms with van der Waals surface area (Å²) in [5.74, 6) is -1.18. The van der Waals surface area contributed by atoms with Crippen molar-refractivity contribution in [3.8, 4) is 0 Å². The predicted molar refractivity (Wildman–Crippen MR) is 94.3 cm³/mol. The second kappa shape index (κ2) is 6.57. The number of rotatable bonds is 1. The summed E-state index contributed by atoms with van der Waals surface area (Å²) in [4.78, 5) is 25.7. The molecule has 2 amide bonds.